The Hall–Kier alpha value is -1.78. The van der Waals surface area contributed by atoms with E-state index in [2.05, 4.69) is 11.2 Å². The number of ether oxygens (including phenoxy) is 2. The molecule has 0 aromatic carbocycles. The Kier molecular flexibility index (Phi) is 10.00. The Morgan fingerprint density at radius 3 is 2.59 bits per heavy atom. The van der Waals surface area contributed by atoms with Crippen molar-refractivity contribution in [2.45, 2.75) is 19.8 Å². The predicted octanol–water partition coefficient (Wildman–Crippen LogP) is 0.229. The number of carbonyl (C=O) groups excluding carboxylic acids is 2. The molecule has 0 aromatic heterocycles. The summed E-state index contributed by atoms with van der Waals surface area (Å²) in [7, 11) is 3.89. The molecule has 0 spiro atoms. The van der Waals surface area contributed by atoms with Gasteiger partial charge in [-0.25, -0.2) is 4.79 Å². The number of terminal acetylenes is 1. The van der Waals surface area contributed by atoms with Gasteiger partial charge in [0.1, 0.15) is 18.6 Å². The minimum atomic E-state index is -1.21. The molecule has 0 heterocycles. The highest BCUT2D eigenvalue weighted by Gasteiger charge is 2.34. The van der Waals surface area contributed by atoms with Gasteiger partial charge in [0.05, 0.1) is 6.61 Å². The van der Waals surface area contributed by atoms with Crippen molar-refractivity contribution in [3.8, 4) is 12.3 Å². The Bertz CT molecular complexity index is 392. The van der Waals surface area contributed by atoms with Crippen molar-refractivity contribution >= 4 is 12.1 Å². The molecule has 0 aromatic rings. The molecular weight excluding hydrogens is 288 g/mol. The lowest BCUT2D eigenvalue weighted by atomic mass is 9.92. The number of amides is 1. The normalized spacial score (nSPS) is 13.1. The van der Waals surface area contributed by atoms with Crippen LogP contribution in [0, 0.1) is 17.8 Å². The number of aliphatic hydroxyl groups is 1. The van der Waals surface area contributed by atoms with Gasteiger partial charge in [-0.05, 0) is 34.0 Å². The molecule has 0 bridgehead atoms. The van der Waals surface area contributed by atoms with Crippen LogP contribution in [0.4, 0.5) is 4.79 Å². The molecule has 7 heteroatoms. The molecule has 0 fully saturated rings. The SMILES string of the molecule is C#CCCOC(=O)OCC(C)(CO)C(=O)NCCCN(C)C. The van der Waals surface area contributed by atoms with Crippen LogP contribution in [0.25, 0.3) is 0 Å². The van der Waals surface area contributed by atoms with Crippen LogP contribution in [-0.4, -0.2) is 69.1 Å². The van der Waals surface area contributed by atoms with E-state index in [1.807, 2.05) is 19.0 Å². The number of carbonyl (C=O) groups is 2. The maximum Gasteiger partial charge on any atom is 0.508 e. The number of rotatable bonds is 10. The molecule has 0 aliphatic carbocycles. The van der Waals surface area contributed by atoms with E-state index in [-0.39, 0.29) is 19.1 Å². The van der Waals surface area contributed by atoms with E-state index in [1.54, 1.807) is 0 Å². The first-order chi connectivity index (χ1) is 10.4. The monoisotopic (exact) mass is 314 g/mol. The zero-order valence-electron chi connectivity index (χ0n) is 13.6. The molecule has 0 aliphatic heterocycles. The minimum Gasteiger partial charge on any atom is -0.433 e. The van der Waals surface area contributed by atoms with Gasteiger partial charge in [0.25, 0.3) is 0 Å². The van der Waals surface area contributed by atoms with E-state index in [4.69, 9.17) is 15.9 Å². The molecule has 0 saturated carbocycles. The van der Waals surface area contributed by atoms with Crippen molar-refractivity contribution in [2.24, 2.45) is 5.41 Å². The molecule has 0 radical (unpaired) electrons. The second-order valence-corrected chi connectivity index (χ2v) is 5.47. The topological polar surface area (TPSA) is 88.1 Å². The molecule has 0 saturated heterocycles. The van der Waals surface area contributed by atoms with E-state index in [0.717, 1.165) is 13.0 Å². The first-order valence-electron chi connectivity index (χ1n) is 7.12. The van der Waals surface area contributed by atoms with E-state index in [9.17, 15) is 14.7 Å². The van der Waals surface area contributed by atoms with E-state index in [0.29, 0.717) is 13.0 Å². The summed E-state index contributed by atoms with van der Waals surface area (Å²) in [5, 5.41) is 12.1. The Labute approximate surface area is 132 Å². The number of hydrogen-bond acceptors (Lipinski definition) is 6. The number of nitrogens with one attached hydrogen (secondary N) is 1. The van der Waals surface area contributed by atoms with Crippen LogP contribution in [0.5, 0.6) is 0 Å². The molecule has 1 amide bonds. The molecule has 0 aliphatic rings. The van der Waals surface area contributed by atoms with Crippen molar-refractivity contribution in [2.75, 3.05) is 47.0 Å². The van der Waals surface area contributed by atoms with Crippen LogP contribution in [0.3, 0.4) is 0 Å². The van der Waals surface area contributed by atoms with Gasteiger partial charge in [-0.1, -0.05) is 0 Å². The van der Waals surface area contributed by atoms with Gasteiger partial charge in [0.15, 0.2) is 0 Å². The summed E-state index contributed by atoms with van der Waals surface area (Å²) < 4.78 is 9.56. The average molecular weight is 314 g/mol. The summed E-state index contributed by atoms with van der Waals surface area (Å²) >= 11 is 0. The lowest BCUT2D eigenvalue weighted by Gasteiger charge is -2.25. The van der Waals surface area contributed by atoms with E-state index < -0.39 is 18.2 Å². The van der Waals surface area contributed by atoms with Gasteiger partial charge in [-0.15, -0.1) is 12.3 Å². The van der Waals surface area contributed by atoms with Crippen LogP contribution < -0.4 is 5.32 Å². The summed E-state index contributed by atoms with van der Waals surface area (Å²) in [6, 6.07) is 0. The largest absolute Gasteiger partial charge is 0.508 e. The standard InChI is InChI=1S/C15H26N2O5/c1-5-6-10-21-14(20)22-12-15(2,11-18)13(19)16-8-7-9-17(3)4/h1,18H,6-12H2,2-4H3,(H,16,19). The van der Waals surface area contributed by atoms with Crippen LogP contribution in [0.2, 0.25) is 0 Å². The van der Waals surface area contributed by atoms with Crippen LogP contribution >= 0.6 is 0 Å². The maximum atomic E-state index is 12.1. The maximum absolute atomic E-state index is 12.1. The summed E-state index contributed by atoms with van der Waals surface area (Å²) in [4.78, 5) is 25.4. The van der Waals surface area contributed by atoms with Gasteiger partial charge >= 0.3 is 6.16 Å². The summed E-state index contributed by atoms with van der Waals surface area (Å²) in [5.74, 6) is 1.95. The van der Waals surface area contributed by atoms with E-state index in [1.165, 1.54) is 6.92 Å². The zero-order valence-corrected chi connectivity index (χ0v) is 13.6. The highest BCUT2D eigenvalue weighted by atomic mass is 16.7. The fourth-order valence-electron chi connectivity index (χ4n) is 1.45. The first-order valence-corrected chi connectivity index (χ1v) is 7.12. The van der Waals surface area contributed by atoms with Crippen molar-refractivity contribution < 1.29 is 24.2 Å². The highest BCUT2D eigenvalue weighted by Crippen LogP contribution is 2.16. The molecule has 2 N–H and O–H groups in total. The van der Waals surface area contributed by atoms with Crippen LogP contribution in [-0.2, 0) is 14.3 Å². The van der Waals surface area contributed by atoms with E-state index >= 15 is 0 Å². The highest BCUT2D eigenvalue weighted by molar-refractivity contribution is 5.82. The lowest BCUT2D eigenvalue weighted by molar-refractivity contribution is -0.135. The van der Waals surface area contributed by atoms with Gasteiger partial charge in [0.2, 0.25) is 5.91 Å². The second-order valence-electron chi connectivity index (χ2n) is 5.47. The quantitative estimate of drug-likeness (QED) is 0.341. The first kappa shape index (κ1) is 20.2. The fourth-order valence-corrected chi connectivity index (χ4v) is 1.45. The summed E-state index contributed by atoms with van der Waals surface area (Å²) in [6.45, 7) is 2.19. The van der Waals surface area contributed by atoms with Crippen molar-refractivity contribution in [1.82, 2.24) is 10.2 Å². The van der Waals surface area contributed by atoms with Gasteiger partial charge in [0, 0.05) is 13.0 Å². The smallest absolute Gasteiger partial charge is 0.433 e. The van der Waals surface area contributed by atoms with Crippen molar-refractivity contribution in [3.05, 3.63) is 0 Å². The lowest BCUT2D eigenvalue weighted by Crippen LogP contribution is -2.45. The van der Waals surface area contributed by atoms with Gasteiger partial charge < -0.3 is 24.8 Å². The molecule has 1 atom stereocenters. The third-order valence-electron chi connectivity index (χ3n) is 2.94. The Morgan fingerprint density at radius 2 is 2.05 bits per heavy atom. The third kappa shape index (κ3) is 8.49. The molecule has 7 nitrogen and oxygen atoms in total. The number of nitrogens with zero attached hydrogens (tertiary/aromatic N) is 1. The Balaban J connectivity index is 4.18. The Morgan fingerprint density at radius 1 is 1.36 bits per heavy atom. The molecule has 22 heavy (non-hydrogen) atoms. The third-order valence-corrected chi connectivity index (χ3v) is 2.94. The average Bonchev–Trinajstić information content (AvgIpc) is 2.49. The molecule has 126 valence electrons. The molecule has 0 rings (SSSR count). The fraction of sp³-hybridized carbons (Fsp3) is 0.733. The number of aliphatic hydroxyl groups excluding tert-OH is 1. The van der Waals surface area contributed by atoms with Gasteiger partial charge in [-0.3, -0.25) is 4.79 Å². The van der Waals surface area contributed by atoms with Gasteiger partial charge in [-0.2, -0.15) is 0 Å². The zero-order chi connectivity index (χ0) is 17.0. The van der Waals surface area contributed by atoms with Crippen LogP contribution in [0.15, 0.2) is 0 Å². The minimum absolute atomic E-state index is 0.0574. The van der Waals surface area contributed by atoms with Crippen LogP contribution in [0.1, 0.15) is 19.8 Å². The number of hydrogen-bond donors (Lipinski definition) is 2. The molecular formula is C15H26N2O5. The summed E-state index contributed by atoms with van der Waals surface area (Å²) in [5.41, 5.74) is -1.21. The second kappa shape index (κ2) is 10.9. The van der Waals surface area contributed by atoms with Crippen molar-refractivity contribution in [3.63, 3.8) is 0 Å². The summed E-state index contributed by atoms with van der Waals surface area (Å²) in [6.07, 6.45) is 5.19. The molecule has 1 unspecified atom stereocenters. The predicted molar refractivity (Wildman–Crippen MR) is 82.1 cm³/mol. The van der Waals surface area contributed by atoms with Crippen molar-refractivity contribution in [1.29, 1.82) is 0 Å².